The van der Waals surface area contributed by atoms with Crippen LogP contribution in [0, 0.1) is 12.8 Å². The monoisotopic (exact) mass is 245 g/mol. The van der Waals surface area contributed by atoms with E-state index in [1.807, 2.05) is 6.07 Å². The maximum absolute atomic E-state index is 6.11. The summed E-state index contributed by atoms with van der Waals surface area (Å²) in [7, 11) is 4.10. The van der Waals surface area contributed by atoms with Crippen LogP contribution in [-0.2, 0) is 0 Å². The fourth-order valence-electron chi connectivity index (χ4n) is 2.61. The fraction of sp³-hybridized carbons (Fsp3) is 0.533. The van der Waals surface area contributed by atoms with Crippen molar-refractivity contribution in [3.05, 3.63) is 23.8 Å². The van der Waals surface area contributed by atoms with E-state index in [0.29, 0.717) is 5.92 Å². The van der Waals surface area contributed by atoms with Crippen LogP contribution in [0.4, 0.5) is 11.4 Å². The van der Waals surface area contributed by atoms with E-state index in [1.165, 1.54) is 36.9 Å². The molecule has 1 aliphatic carbocycles. The molecule has 2 rings (SSSR count). The lowest BCUT2D eigenvalue weighted by Gasteiger charge is -2.16. The van der Waals surface area contributed by atoms with E-state index >= 15 is 0 Å². The Bertz CT molecular complexity index is 443. The molecule has 1 aliphatic rings. The van der Waals surface area contributed by atoms with E-state index in [2.05, 4.69) is 43.0 Å². The molecule has 0 heterocycles. The van der Waals surface area contributed by atoms with Crippen LogP contribution in [0.25, 0.3) is 0 Å². The van der Waals surface area contributed by atoms with Crippen LogP contribution in [0.2, 0.25) is 0 Å². The van der Waals surface area contributed by atoms with Gasteiger partial charge in [-0.1, -0.05) is 18.9 Å². The van der Waals surface area contributed by atoms with Gasteiger partial charge >= 0.3 is 0 Å². The van der Waals surface area contributed by atoms with Gasteiger partial charge in [0.1, 0.15) is 5.84 Å². The van der Waals surface area contributed by atoms with Crippen molar-refractivity contribution in [1.29, 1.82) is 0 Å². The maximum atomic E-state index is 6.11. The van der Waals surface area contributed by atoms with Gasteiger partial charge in [-0.05, 0) is 37.5 Å². The predicted octanol–water partition coefficient (Wildman–Crippen LogP) is 3.24. The molecule has 18 heavy (non-hydrogen) atoms. The number of hydrogen-bond donors (Lipinski definition) is 1. The van der Waals surface area contributed by atoms with E-state index in [4.69, 9.17) is 5.73 Å². The molecule has 0 bridgehead atoms. The molecule has 0 spiro atoms. The Balaban J connectivity index is 2.23. The SMILES string of the molecule is Cc1ccc(N=C(N)C2CCCC2)cc1N(C)C. The summed E-state index contributed by atoms with van der Waals surface area (Å²) in [5.41, 5.74) is 9.54. The van der Waals surface area contributed by atoms with Crippen molar-refractivity contribution in [3.8, 4) is 0 Å². The Morgan fingerprint density at radius 1 is 1.28 bits per heavy atom. The van der Waals surface area contributed by atoms with Crippen LogP contribution in [0.5, 0.6) is 0 Å². The molecule has 0 amide bonds. The number of nitrogens with two attached hydrogens (primary N) is 1. The molecule has 1 aromatic rings. The Hall–Kier alpha value is -1.51. The number of anilines is 1. The van der Waals surface area contributed by atoms with Crippen molar-refractivity contribution in [2.45, 2.75) is 32.6 Å². The van der Waals surface area contributed by atoms with Gasteiger partial charge in [-0.15, -0.1) is 0 Å². The normalized spacial score (nSPS) is 17.2. The molecule has 98 valence electrons. The summed E-state index contributed by atoms with van der Waals surface area (Å²) in [4.78, 5) is 6.70. The van der Waals surface area contributed by atoms with Crippen LogP contribution in [-0.4, -0.2) is 19.9 Å². The largest absolute Gasteiger partial charge is 0.387 e. The first-order valence-electron chi connectivity index (χ1n) is 6.70. The second kappa shape index (κ2) is 5.42. The Labute approximate surface area is 110 Å². The van der Waals surface area contributed by atoms with Crippen molar-refractivity contribution < 1.29 is 0 Å². The number of hydrogen-bond acceptors (Lipinski definition) is 2. The summed E-state index contributed by atoms with van der Waals surface area (Å²) >= 11 is 0. The van der Waals surface area contributed by atoms with E-state index in [0.717, 1.165) is 11.5 Å². The summed E-state index contributed by atoms with van der Waals surface area (Å²) in [6, 6.07) is 6.26. The Morgan fingerprint density at radius 2 is 1.94 bits per heavy atom. The molecule has 1 fully saturated rings. The molecular weight excluding hydrogens is 222 g/mol. The molecule has 0 aliphatic heterocycles. The van der Waals surface area contributed by atoms with Crippen molar-refractivity contribution in [1.82, 2.24) is 0 Å². The highest BCUT2D eigenvalue weighted by Gasteiger charge is 2.18. The molecule has 3 heteroatoms. The molecule has 1 saturated carbocycles. The Kier molecular flexibility index (Phi) is 3.90. The highest BCUT2D eigenvalue weighted by atomic mass is 15.1. The summed E-state index contributed by atoms with van der Waals surface area (Å²) in [6.45, 7) is 2.11. The van der Waals surface area contributed by atoms with Gasteiger partial charge in [-0.25, -0.2) is 4.99 Å². The minimum atomic E-state index is 0.495. The number of amidine groups is 1. The minimum Gasteiger partial charge on any atom is -0.387 e. The zero-order valence-electron chi connectivity index (χ0n) is 11.6. The summed E-state index contributed by atoms with van der Waals surface area (Å²) in [5.74, 6) is 1.30. The number of aryl methyl sites for hydroxylation is 1. The number of benzene rings is 1. The lowest BCUT2D eigenvalue weighted by atomic mass is 10.1. The third-order valence-electron chi connectivity index (χ3n) is 3.71. The maximum Gasteiger partial charge on any atom is 0.103 e. The average molecular weight is 245 g/mol. The predicted molar refractivity (Wildman–Crippen MR) is 78.7 cm³/mol. The second-order valence-electron chi connectivity index (χ2n) is 5.38. The molecule has 1 aromatic carbocycles. The zero-order valence-corrected chi connectivity index (χ0v) is 11.6. The average Bonchev–Trinajstić information content (AvgIpc) is 2.85. The lowest BCUT2D eigenvalue weighted by Crippen LogP contribution is -2.20. The number of nitrogens with zero attached hydrogens (tertiary/aromatic N) is 2. The van der Waals surface area contributed by atoms with E-state index in [-0.39, 0.29) is 0 Å². The summed E-state index contributed by atoms with van der Waals surface area (Å²) < 4.78 is 0. The fourth-order valence-corrected chi connectivity index (χ4v) is 2.61. The highest BCUT2D eigenvalue weighted by Crippen LogP contribution is 2.28. The third-order valence-corrected chi connectivity index (χ3v) is 3.71. The third kappa shape index (κ3) is 2.84. The molecule has 0 saturated heterocycles. The van der Waals surface area contributed by atoms with Crippen LogP contribution >= 0.6 is 0 Å². The molecule has 0 aromatic heterocycles. The smallest absolute Gasteiger partial charge is 0.103 e. The summed E-state index contributed by atoms with van der Waals surface area (Å²) in [6.07, 6.45) is 4.97. The van der Waals surface area contributed by atoms with E-state index < -0.39 is 0 Å². The lowest BCUT2D eigenvalue weighted by molar-refractivity contribution is 0.722. The van der Waals surface area contributed by atoms with Crippen LogP contribution < -0.4 is 10.6 Å². The van der Waals surface area contributed by atoms with Crippen LogP contribution in [0.3, 0.4) is 0 Å². The van der Waals surface area contributed by atoms with Gasteiger partial charge in [-0.3, -0.25) is 0 Å². The van der Waals surface area contributed by atoms with Crippen molar-refractivity contribution >= 4 is 17.2 Å². The van der Waals surface area contributed by atoms with E-state index in [1.54, 1.807) is 0 Å². The van der Waals surface area contributed by atoms with Crippen molar-refractivity contribution in [2.24, 2.45) is 16.6 Å². The first-order valence-corrected chi connectivity index (χ1v) is 6.70. The van der Waals surface area contributed by atoms with Gasteiger partial charge in [0.2, 0.25) is 0 Å². The quantitative estimate of drug-likeness (QED) is 0.656. The highest BCUT2D eigenvalue weighted by molar-refractivity contribution is 5.86. The molecule has 0 atom stereocenters. The first kappa shape index (κ1) is 12.9. The Morgan fingerprint density at radius 3 is 2.56 bits per heavy atom. The van der Waals surface area contributed by atoms with Gasteiger partial charge in [0.05, 0.1) is 5.69 Å². The van der Waals surface area contributed by atoms with Gasteiger partial charge in [0, 0.05) is 25.7 Å². The summed E-state index contributed by atoms with van der Waals surface area (Å²) in [5, 5.41) is 0. The van der Waals surface area contributed by atoms with Gasteiger partial charge in [0.15, 0.2) is 0 Å². The minimum absolute atomic E-state index is 0.495. The molecule has 0 unspecified atom stereocenters. The molecular formula is C15H23N3. The standard InChI is InChI=1S/C15H23N3/c1-11-8-9-13(10-14(11)18(2)3)17-15(16)12-6-4-5-7-12/h8-10,12H,4-7H2,1-3H3,(H2,16,17). The van der Waals surface area contributed by atoms with E-state index in [9.17, 15) is 0 Å². The van der Waals surface area contributed by atoms with Crippen LogP contribution in [0.1, 0.15) is 31.2 Å². The first-order chi connectivity index (χ1) is 8.58. The molecule has 2 N–H and O–H groups in total. The zero-order chi connectivity index (χ0) is 13.1. The van der Waals surface area contributed by atoms with Gasteiger partial charge in [-0.2, -0.15) is 0 Å². The van der Waals surface area contributed by atoms with Gasteiger partial charge < -0.3 is 10.6 Å². The topological polar surface area (TPSA) is 41.6 Å². The van der Waals surface area contributed by atoms with Crippen LogP contribution in [0.15, 0.2) is 23.2 Å². The number of aliphatic imine (C=N–C) groups is 1. The van der Waals surface area contributed by atoms with Gasteiger partial charge in [0.25, 0.3) is 0 Å². The molecule has 0 radical (unpaired) electrons. The second-order valence-corrected chi connectivity index (χ2v) is 5.38. The number of rotatable bonds is 3. The van der Waals surface area contributed by atoms with Crippen molar-refractivity contribution in [3.63, 3.8) is 0 Å². The van der Waals surface area contributed by atoms with Crippen molar-refractivity contribution in [2.75, 3.05) is 19.0 Å². The molecule has 3 nitrogen and oxygen atoms in total.